The molecule has 2 bridgehead atoms. The molecule has 0 saturated heterocycles. The van der Waals surface area contributed by atoms with Crippen LogP contribution in [-0.4, -0.2) is 0 Å². The van der Waals surface area contributed by atoms with E-state index in [1.807, 2.05) is 0 Å². The Kier molecular flexibility index (Phi) is 1.79. The normalized spacial score (nSPS) is 51.5. The molecule has 15 heavy (non-hydrogen) atoms. The maximum atomic E-state index is 2.54. The van der Waals surface area contributed by atoms with E-state index in [0.717, 1.165) is 17.8 Å². The molecule has 0 N–H and O–H groups in total. The van der Waals surface area contributed by atoms with Crippen LogP contribution in [0.5, 0.6) is 0 Å². The molecular formula is C15H24. The number of allylic oxidation sites excluding steroid dienone is 2. The van der Waals surface area contributed by atoms with Gasteiger partial charge >= 0.3 is 0 Å². The highest BCUT2D eigenvalue weighted by atomic mass is 14.7. The summed E-state index contributed by atoms with van der Waals surface area (Å²) in [6, 6.07) is 0. The van der Waals surface area contributed by atoms with Gasteiger partial charge in [0.15, 0.2) is 0 Å². The summed E-state index contributed by atoms with van der Waals surface area (Å²) in [6.07, 6.45) is 8.34. The lowest BCUT2D eigenvalue weighted by Crippen LogP contribution is -2.28. The molecule has 0 unspecified atom stereocenters. The van der Waals surface area contributed by atoms with Crippen molar-refractivity contribution in [1.82, 2.24) is 0 Å². The van der Waals surface area contributed by atoms with Crippen LogP contribution in [-0.2, 0) is 0 Å². The van der Waals surface area contributed by atoms with Gasteiger partial charge in [-0.2, -0.15) is 0 Å². The third kappa shape index (κ3) is 0.990. The van der Waals surface area contributed by atoms with Crippen LogP contribution in [0.15, 0.2) is 11.6 Å². The van der Waals surface area contributed by atoms with Gasteiger partial charge in [0.1, 0.15) is 0 Å². The maximum Gasteiger partial charge on any atom is -0.00514 e. The standard InChI is InChI=1S/C15H24/c1-10-7-8-15-9-12(10)14(3,4)13(15)6-5-11(15)2/h5,10,12-13H,6-9H2,1-4H3/t10-,12-,13-,15-/m0/s1. The molecule has 3 rings (SSSR count). The Labute approximate surface area is 94.1 Å². The van der Waals surface area contributed by atoms with Gasteiger partial charge in [-0.3, -0.25) is 0 Å². The second kappa shape index (κ2) is 2.70. The zero-order valence-corrected chi connectivity index (χ0v) is 10.6. The van der Waals surface area contributed by atoms with Crippen LogP contribution in [0.25, 0.3) is 0 Å². The summed E-state index contributed by atoms with van der Waals surface area (Å²) in [7, 11) is 0. The average molecular weight is 204 g/mol. The lowest BCUT2D eigenvalue weighted by molar-refractivity contribution is 0.144. The van der Waals surface area contributed by atoms with E-state index in [0.29, 0.717) is 10.8 Å². The van der Waals surface area contributed by atoms with Crippen LogP contribution in [0.4, 0.5) is 0 Å². The van der Waals surface area contributed by atoms with E-state index in [-0.39, 0.29) is 0 Å². The highest BCUT2D eigenvalue weighted by Crippen LogP contribution is 2.70. The lowest BCUT2D eigenvalue weighted by Gasteiger charge is -2.37. The summed E-state index contributed by atoms with van der Waals surface area (Å²) < 4.78 is 0. The first-order chi connectivity index (χ1) is 6.98. The van der Waals surface area contributed by atoms with Crippen molar-refractivity contribution in [3.8, 4) is 0 Å². The zero-order valence-electron chi connectivity index (χ0n) is 10.6. The summed E-state index contributed by atoms with van der Waals surface area (Å²) >= 11 is 0. The van der Waals surface area contributed by atoms with E-state index in [1.165, 1.54) is 25.7 Å². The summed E-state index contributed by atoms with van der Waals surface area (Å²) in [5.74, 6) is 2.91. The predicted molar refractivity (Wildman–Crippen MR) is 64.6 cm³/mol. The molecular weight excluding hydrogens is 180 g/mol. The molecule has 0 heteroatoms. The van der Waals surface area contributed by atoms with E-state index in [4.69, 9.17) is 0 Å². The molecule has 0 nitrogen and oxygen atoms in total. The fourth-order valence-electron chi connectivity index (χ4n) is 5.33. The van der Waals surface area contributed by atoms with E-state index in [9.17, 15) is 0 Å². The molecule has 0 aromatic rings. The van der Waals surface area contributed by atoms with E-state index in [2.05, 4.69) is 33.8 Å². The van der Waals surface area contributed by atoms with Gasteiger partial charge in [-0.05, 0) is 61.2 Å². The van der Waals surface area contributed by atoms with Crippen molar-refractivity contribution in [2.75, 3.05) is 0 Å². The van der Waals surface area contributed by atoms with E-state index in [1.54, 1.807) is 5.57 Å². The molecule has 2 saturated carbocycles. The molecule has 0 aromatic heterocycles. The Hall–Kier alpha value is -0.260. The van der Waals surface area contributed by atoms with Crippen molar-refractivity contribution in [3.63, 3.8) is 0 Å². The maximum absolute atomic E-state index is 2.54. The molecule has 0 aliphatic heterocycles. The summed E-state index contributed by atoms with van der Waals surface area (Å²) in [6.45, 7) is 9.96. The highest BCUT2D eigenvalue weighted by molar-refractivity contribution is 5.28. The Balaban J connectivity index is 2.08. The smallest absolute Gasteiger partial charge is 0.00514 e. The van der Waals surface area contributed by atoms with Crippen LogP contribution < -0.4 is 0 Å². The van der Waals surface area contributed by atoms with Crippen molar-refractivity contribution >= 4 is 0 Å². The van der Waals surface area contributed by atoms with Gasteiger partial charge < -0.3 is 0 Å². The Morgan fingerprint density at radius 3 is 2.80 bits per heavy atom. The van der Waals surface area contributed by atoms with Crippen molar-refractivity contribution in [3.05, 3.63) is 11.6 Å². The van der Waals surface area contributed by atoms with Gasteiger partial charge in [-0.25, -0.2) is 0 Å². The van der Waals surface area contributed by atoms with Crippen LogP contribution in [0.2, 0.25) is 0 Å². The minimum Gasteiger partial charge on any atom is -0.0847 e. The van der Waals surface area contributed by atoms with Gasteiger partial charge in [-0.1, -0.05) is 32.4 Å². The third-order valence-electron chi connectivity index (χ3n) is 6.28. The molecule has 84 valence electrons. The molecule has 1 spiro atoms. The molecule has 0 heterocycles. The zero-order chi connectivity index (χ0) is 10.8. The van der Waals surface area contributed by atoms with Crippen LogP contribution in [0.3, 0.4) is 0 Å². The van der Waals surface area contributed by atoms with Crippen molar-refractivity contribution in [1.29, 1.82) is 0 Å². The van der Waals surface area contributed by atoms with Gasteiger partial charge in [-0.15, -0.1) is 0 Å². The van der Waals surface area contributed by atoms with E-state index >= 15 is 0 Å². The van der Waals surface area contributed by atoms with Crippen molar-refractivity contribution in [2.45, 2.75) is 53.4 Å². The number of fused-ring (bicyclic) bond motifs is 1. The molecule has 0 aromatic carbocycles. The molecule has 4 atom stereocenters. The summed E-state index contributed by atoms with van der Waals surface area (Å²) in [5.41, 5.74) is 2.96. The largest absolute Gasteiger partial charge is 0.0847 e. The topological polar surface area (TPSA) is 0 Å². The second-order valence-corrected chi connectivity index (χ2v) is 6.98. The second-order valence-electron chi connectivity index (χ2n) is 6.98. The van der Waals surface area contributed by atoms with Crippen LogP contribution in [0.1, 0.15) is 53.4 Å². The van der Waals surface area contributed by atoms with Crippen molar-refractivity contribution in [2.24, 2.45) is 28.6 Å². The Morgan fingerprint density at radius 1 is 1.33 bits per heavy atom. The number of hydrogen-bond acceptors (Lipinski definition) is 0. The summed E-state index contributed by atoms with van der Waals surface area (Å²) in [5, 5.41) is 0. The number of rotatable bonds is 0. The first kappa shape index (κ1) is 9.93. The third-order valence-corrected chi connectivity index (χ3v) is 6.28. The minimum absolute atomic E-state index is 0.587. The minimum atomic E-state index is 0.587. The monoisotopic (exact) mass is 204 g/mol. The van der Waals surface area contributed by atoms with E-state index < -0.39 is 0 Å². The molecule has 0 radical (unpaired) electrons. The van der Waals surface area contributed by atoms with Crippen LogP contribution in [0, 0.1) is 28.6 Å². The summed E-state index contributed by atoms with van der Waals surface area (Å²) in [4.78, 5) is 0. The van der Waals surface area contributed by atoms with Gasteiger partial charge in [0.2, 0.25) is 0 Å². The fraction of sp³-hybridized carbons (Fsp3) is 0.867. The molecule has 0 amide bonds. The quantitative estimate of drug-likeness (QED) is 0.513. The SMILES string of the molecule is CC1=CC[C@H]2C(C)(C)[C@H]3C[C@@]12CC[C@@H]3C. The van der Waals surface area contributed by atoms with Crippen molar-refractivity contribution < 1.29 is 0 Å². The molecule has 2 fully saturated rings. The average Bonchev–Trinajstić information content (AvgIpc) is 2.57. The molecule has 3 aliphatic carbocycles. The first-order valence-corrected chi connectivity index (χ1v) is 6.66. The lowest BCUT2D eigenvalue weighted by atomic mass is 9.67. The highest BCUT2D eigenvalue weighted by Gasteiger charge is 2.62. The van der Waals surface area contributed by atoms with Gasteiger partial charge in [0, 0.05) is 0 Å². The molecule has 3 aliphatic rings. The van der Waals surface area contributed by atoms with Crippen LogP contribution >= 0.6 is 0 Å². The Morgan fingerprint density at radius 2 is 2.07 bits per heavy atom. The first-order valence-electron chi connectivity index (χ1n) is 6.66. The number of hydrogen-bond donors (Lipinski definition) is 0. The van der Waals surface area contributed by atoms with Gasteiger partial charge in [0.25, 0.3) is 0 Å². The fourth-order valence-corrected chi connectivity index (χ4v) is 5.33. The van der Waals surface area contributed by atoms with Gasteiger partial charge in [0.05, 0.1) is 0 Å². The Bertz CT molecular complexity index is 323. The predicted octanol–water partition coefficient (Wildman–Crippen LogP) is 4.42.